The maximum Gasteiger partial charge on any atom is 0.341 e. The number of benzene rings is 3. The van der Waals surface area contributed by atoms with Gasteiger partial charge in [0.25, 0.3) is 0 Å². The van der Waals surface area contributed by atoms with Gasteiger partial charge in [-0.1, -0.05) is 24.3 Å². The number of Topliss-reactive ketones (excluding diaryl/α,β-unsaturated/α-hetero) is 1. The Hall–Kier alpha value is -4.07. The third-order valence-electron chi connectivity index (χ3n) is 4.94. The normalized spacial score (nSPS) is 15.1. The highest BCUT2D eigenvalue weighted by molar-refractivity contribution is 6.09. The summed E-state index contributed by atoms with van der Waals surface area (Å²) < 4.78 is 32.7. The van der Waals surface area contributed by atoms with Gasteiger partial charge in [-0.25, -0.2) is 13.6 Å². The molecule has 6 nitrogen and oxygen atoms in total. The molecular weight excluding hydrogens is 418 g/mol. The van der Waals surface area contributed by atoms with Crippen LogP contribution < -0.4 is 9.75 Å². The molecule has 0 radical (unpaired) electrons. The minimum absolute atomic E-state index is 0.0737. The fraction of sp³-hybridized carbons (Fsp3) is 0.125. The van der Waals surface area contributed by atoms with E-state index in [0.29, 0.717) is 12.1 Å². The largest absolute Gasteiger partial charge is 0.481 e. The lowest BCUT2D eigenvalue weighted by molar-refractivity contribution is -0.139. The number of carbonyl (C=O) groups is 2. The van der Waals surface area contributed by atoms with E-state index in [1.807, 2.05) is 30.3 Å². The van der Waals surface area contributed by atoms with Gasteiger partial charge >= 0.3 is 5.97 Å². The van der Waals surface area contributed by atoms with Crippen LogP contribution in [0.15, 0.2) is 71.8 Å². The lowest BCUT2D eigenvalue weighted by Gasteiger charge is -2.17. The maximum atomic E-state index is 13.7. The van der Waals surface area contributed by atoms with Crippen molar-refractivity contribution in [1.82, 2.24) is 0 Å². The van der Waals surface area contributed by atoms with Gasteiger partial charge in [0.1, 0.15) is 17.4 Å². The van der Waals surface area contributed by atoms with Gasteiger partial charge in [0, 0.05) is 12.3 Å². The summed E-state index contributed by atoms with van der Waals surface area (Å²) in [4.78, 5) is 24.3. The standard InChI is InChI=1S/C24H18F2N2O4/c25-18-8-16(9-19(26)11-18)15-6-7-22(32-14-23(29)30)21(10-15)24(31)17-12-27-28(13-17)20-4-2-1-3-5-20/h1-12,17H,13-14H2,(H,29,30). The Bertz CT molecular complexity index is 1180. The molecule has 0 saturated heterocycles. The average molecular weight is 436 g/mol. The molecule has 0 aliphatic carbocycles. The number of nitrogens with zero attached hydrogens (tertiary/aromatic N) is 2. The van der Waals surface area contributed by atoms with E-state index in [0.717, 1.165) is 23.9 Å². The molecule has 0 saturated carbocycles. The summed E-state index contributed by atoms with van der Waals surface area (Å²) in [6.07, 6.45) is 1.52. The number of rotatable bonds is 7. The molecule has 8 heteroatoms. The summed E-state index contributed by atoms with van der Waals surface area (Å²) in [7, 11) is 0. The average Bonchev–Trinajstić information content (AvgIpc) is 3.27. The van der Waals surface area contributed by atoms with Crippen LogP contribution in [-0.2, 0) is 4.79 Å². The Morgan fingerprint density at radius 3 is 2.41 bits per heavy atom. The molecule has 3 aromatic carbocycles. The topological polar surface area (TPSA) is 79.2 Å². The van der Waals surface area contributed by atoms with Gasteiger partial charge in [-0.2, -0.15) is 5.10 Å². The molecule has 1 N–H and O–H groups in total. The Labute approximate surface area is 182 Å². The van der Waals surface area contributed by atoms with Gasteiger partial charge in [-0.15, -0.1) is 0 Å². The Morgan fingerprint density at radius 2 is 1.72 bits per heavy atom. The van der Waals surface area contributed by atoms with Gasteiger partial charge in [0.2, 0.25) is 0 Å². The van der Waals surface area contributed by atoms with E-state index in [9.17, 15) is 18.4 Å². The second kappa shape index (κ2) is 8.97. The highest BCUT2D eigenvalue weighted by Gasteiger charge is 2.29. The number of hydrazone groups is 1. The van der Waals surface area contributed by atoms with Crippen molar-refractivity contribution in [3.05, 3.63) is 83.9 Å². The highest BCUT2D eigenvalue weighted by Crippen LogP contribution is 2.31. The Balaban J connectivity index is 1.66. The van der Waals surface area contributed by atoms with E-state index in [1.54, 1.807) is 5.01 Å². The molecule has 1 unspecified atom stereocenters. The summed E-state index contributed by atoms with van der Waals surface area (Å²) in [6, 6.07) is 16.8. The maximum absolute atomic E-state index is 13.7. The first-order chi connectivity index (χ1) is 15.4. The van der Waals surface area contributed by atoms with E-state index in [4.69, 9.17) is 9.84 Å². The van der Waals surface area contributed by atoms with Crippen molar-refractivity contribution in [3.8, 4) is 16.9 Å². The van der Waals surface area contributed by atoms with Crippen LogP contribution in [0.1, 0.15) is 10.4 Å². The van der Waals surface area contributed by atoms with E-state index >= 15 is 0 Å². The number of carboxylic acid groups (broad SMARTS) is 1. The first kappa shape index (κ1) is 21.2. The fourth-order valence-corrected chi connectivity index (χ4v) is 3.45. The third-order valence-corrected chi connectivity index (χ3v) is 4.94. The van der Waals surface area contributed by atoms with Crippen LogP contribution in [0, 0.1) is 17.6 Å². The summed E-state index contributed by atoms with van der Waals surface area (Å²) in [5, 5.41) is 14.9. The van der Waals surface area contributed by atoms with Crippen LogP contribution >= 0.6 is 0 Å². The predicted molar refractivity (Wildman–Crippen MR) is 115 cm³/mol. The lowest BCUT2D eigenvalue weighted by atomic mass is 9.94. The molecule has 0 fully saturated rings. The highest BCUT2D eigenvalue weighted by atomic mass is 19.1. The van der Waals surface area contributed by atoms with Crippen molar-refractivity contribution in [1.29, 1.82) is 0 Å². The number of halogens is 2. The molecule has 0 bridgehead atoms. The van der Waals surface area contributed by atoms with Crippen molar-refractivity contribution in [2.24, 2.45) is 11.0 Å². The summed E-state index contributed by atoms with van der Waals surface area (Å²) in [5.41, 5.74) is 1.57. The van der Waals surface area contributed by atoms with Gasteiger partial charge in [-0.05, 0) is 47.5 Å². The van der Waals surface area contributed by atoms with Crippen molar-refractivity contribution >= 4 is 23.7 Å². The molecule has 32 heavy (non-hydrogen) atoms. The van der Waals surface area contributed by atoms with Crippen LogP contribution in [0.5, 0.6) is 5.75 Å². The molecular formula is C24H18F2N2O4. The van der Waals surface area contributed by atoms with E-state index in [2.05, 4.69) is 5.10 Å². The van der Waals surface area contributed by atoms with E-state index < -0.39 is 30.1 Å². The number of para-hydroxylation sites is 1. The fourth-order valence-electron chi connectivity index (χ4n) is 3.45. The number of anilines is 1. The van der Waals surface area contributed by atoms with Crippen molar-refractivity contribution in [2.45, 2.75) is 0 Å². The Kier molecular flexibility index (Phi) is 5.93. The molecule has 4 rings (SSSR count). The molecule has 3 aromatic rings. The van der Waals surface area contributed by atoms with Crippen molar-refractivity contribution in [2.75, 3.05) is 18.2 Å². The van der Waals surface area contributed by atoms with Crippen LogP contribution in [0.2, 0.25) is 0 Å². The molecule has 1 aliphatic rings. The minimum atomic E-state index is -1.20. The zero-order valence-corrected chi connectivity index (χ0v) is 16.7. The van der Waals surface area contributed by atoms with Crippen molar-refractivity contribution < 1.29 is 28.2 Å². The molecule has 0 spiro atoms. The second-order valence-electron chi connectivity index (χ2n) is 7.20. The number of ketones is 1. The van der Waals surface area contributed by atoms with Crippen LogP contribution in [0.25, 0.3) is 11.1 Å². The summed E-state index contributed by atoms with van der Waals surface area (Å²) >= 11 is 0. The SMILES string of the molecule is O=C(O)COc1ccc(-c2cc(F)cc(F)c2)cc1C(=O)C1C=NN(c2ccccc2)C1. The van der Waals surface area contributed by atoms with Crippen molar-refractivity contribution in [3.63, 3.8) is 0 Å². The molecule has 1 aliphatic heterocycles. The molecule has 1 heterocycles. The number of aliphatic carboxylic acids is 1. The predicted octanol–water partition coefficient (Wildman–Crippen LogP) is 4.40. The van der Waals surface area contributed by atoms with Gasteiger partial charge in [-0.3, -0.25) is 9.80 Å². The second-order valence-corrected chi connectivity index (χ2v) is 7.20. The smallest absolute Gasteiger partial charge is 0.341 e. The van der Waals surface area contributed by atoms with E-state index in [1.165, 1.54) is 24.4 Å². The Morgan fingerprint density at radius 1 is 1.00 bits per heavy atom. The van der Waals surface area contributed by atoms with Gasteiger partial charge in [0.05, 0.1) is 23.7 Å². The van der Waals surface area contributed by atoms with Gasteiger partial charge in [0.15, 0.2) is 12.4 Å². The number of hydrogen-bond acceptors (Lipinski definition) is 5. The first-order valence-corrected chi connectivity index (χ1v) is 9.77. The molecule has 0 aromatic heterocycles. The third kappa shape index (κ3) is 4.64. The number of carbonyl (C=O) groups excluding carboxylic acids is 1. The summed E-state index contributed by atoms with van der Waals surface area (Å²) in [5.74, 6) is -3.57. The summed E-state index contributed by atoms with van der Waals surface area (Å²) in [6.45, 7) is -0.344. The zero-order valence-electron chi connectivity index (χ0n) is 16.7. The van der Waals surface area contributed by atoms with Crippen LogP contribution in [0.3, 0.4) is 0 Å². The molecule has 0 amide bonds. The molecule has 1 atom stereocenters. The zero-order chi connectivity index (χ0) is 22.7. The van der Waals surface area contributed by atoms with E-state index in [-0.39, 0.29) is 22.7 Å². The van der Waals surface area contributed by atoms with Crippen LogP contribution in [-0.4, -0.2) is 36.2 Å². The number of hydrogen-bond donors (Lipinski definition) is 1. The minimum Gasteiger partial charge on any atom is -0.481 e. The van der Waals surface area contributed by atoms with Gasteiger partial charge < -0.3 is 9.84 Å². The quantitative estimate of drug-likeness (QED) is 0.556. The monoisotopic (exact) mass is 436 g/mol. The van der Waals surface area contributed by atoms with Crippen LogP contribution in [0.4, 0.5) is 14.5 Å². The lowest BCUT2D eigenvalue weighted by Crippen LogP contribution is -2.24. The number of carboxylic acids is 1. The molecule has 162 valence electrons. The number of ether oxygens (including phenoxy) is 1. The first-order valence-electron chi connectivity index (χ1n) is 9.77.